The SMILES string of the molecule is Cc1ccc(C(NN)c2cc3cccc(F)c3o2)c(Cl)c1. The van der Waals surface area contributed by atoms with Crippen LogP contribution >= 0.6 is 11.6 Å². The van der Waals surface area contributed by atoms with Crippen molar-refractivity contribution in [2.75, 3.05) is 0 Å². The van der Waals surface area contributed by atoms with Gasteiger partial charge < -0.3 is 4.42 Å². The molecule has 1 aromatic heterocycles. The quantitative estimate of drug-likeness (QED) is 0.566. The molecule has 0 aliphatic carbocycles. The third-order valence-electron chi connectivity index (χ3n) is 3.43. The lowest BCUT2D eigenvalue weighted by Gasteiger charge is -2.15. The van der Waals surface area contributed by atoms with Crippen LogP contribution in [0.15, 0.2) is 46.9 Å². The maximum atomic E-state index is 13.7. The maximum absolute atomic E-state index is 13.7. The number of hydrazine groups is 1. The highest BCUT2D eigenvalue weighted by molar-refractivity contribution is 6.31. The van der Waals surface area contributed by atoms with Crippen LogP contribution < -0.4 is 11.3 Å². The number of para-hydroxylation sites is 1. The Labute approximate surface area is 126 Å². The summed E-state index contributed by atoms with van der Waals surface area (Å²) in [5.41, 5.74) is 4.73. The van der Waals surface area contributed by atoms with E-state index in [1.165, 1.54) is 6.07 Å². The number of hydrogen-bond donors (Lipinski definition) is 2. The molecule has 21 heavy (non-hydrogen) atoms. The third-order valence-corrected chi connectivity index (χ3v) is 3.76. The van der Waals surface area contributed by atoms with Crippen molar-refractivity contribution < 1.29 is 8.81 Å². The number of furan rings is 1. The molecule has 0 saturated carbocycles. The smallest absolute Gasteiger partial charge is 0.169 e. The Morgan fingerprint density at radius 1 is 1.24 bits per heavy atom. The van der Waals surface area contributed by atoms with Crippen LogP contribution in [0.4, 0.5) is 4.39 Å². The van der Waals surface area contributed by atoms with Crippen molar-refractivity contribution in [1.29, 1.82) is 0 Å². The summed E-state index contributed by atoms with van der Waals surface area (Å²) in [6.45, 7) is 1.96. The van der Waals surface area contributed by atoms with Crippen molar-refractivity contribution in [3.63, 3.8) is 0 Å². The second kappa shape index (κ2) is 5.48. The van der Waals surface area contributed by atoms with Gasteiger partial charge in [-0.2, -0.15) is 0 Å². The van der Waals surface area contributed by atoms with Crippen LogP contribution in [0.5, 0.6) is 0 Å². The van der Waals surface area contributed by atoms with Gasteiger partial charge in [0.2, 0.25) is 0 Å². The number of halogens is 2. The normalized spacial score (nSPS) is 12.8. The van der Waals surface area contributed by atoms with Gasteiger partial charge in [-0.3, -0.25) is 5.84 Å². The Balaban J connectivity index is 2.11. The van der Waals surface area contributed by atoms with E-state index in [0.717, 1.165) is 11.1 Å². The Kier molecular flexibility index (Phi) is 3.68. The zero-order valence-corrected chi connectivity index (χ0v) is 12.1. The van der Waals surface area contributed by atoms with Gasteiger partial charge in [0.1, 0.15) is 11.8 Å². The lowest BCUT2D eigenvalue weighted by molar-refractivity contribution is 0.465. The number of nitrogens with two attached hydrogens (primary N) is 1. The highest BCUT2D eigenvalue weighted by Gasteiger charge is 2.20. The fourth-order valence-electron chi connectivity index (χ4n) is 2.38. The first-order valence-corrected chi connectivity index (χ1v) is 6.88. The standard InChI is InChI=1S/C16H14ClFN2O/c1-9-5-6-11(12(17)7-9)15(20-19)14-8-10-3-2-4-13(18)16(10)21-14/h2-8,15,20H,19H2,1H3. The van der Waals surface area contributed by atoms with Crippen molar-refractivity contribution >= 4 is 22.6 Å². The molecule has 5 heteroatoms. The summed E-state index contributed by atoms with van der Waals surface area (Å²) in [6, 6.07) is 11.8. The number of nitrogens with one attached hydrogen (secondary N) is 1. The van der Waals surface area contributed by atoms with Gasteiger partial charge >= 0.3 is 0 Å². The lowest BCUT2D eigenvalue weighted by atomic mass is 10.0. The molecule has 3 nitrogen and oxygen atoms in total. The minimum Gasteiger partial charge on any atom is -0.456 e. The molecule has 0 aliphatic heterocycles. The molecule has 108 valence electrons. The molecule has 3 N–H and O–H groups in total. The monoisotopic (exact) mass is 304 g/mol. The summed E-state index contributed by atoms with van der Waals surface area (Å²) in [5.74, 6) is 5.76. The van der Waals surface area contributed by atoms with E-state index in [4.69, 9.17) is 21.9 Å². The van der Waals surface area contributed by atoms with Gasteiger partial charge in [-0.25, -0.2) is 9.82 Å². The minimum absolute atomic E-state index is 0.219. The average Bonchev–Trinajstić information content (AvgIpc) is 2.87. The number of benzene rings is 2. The van der Waals surface area contributed by atoms with Crippen LogP contribution in [-0.4, -0.2) is 0 Å². The zero-order chi connectivity index (χ0) is 15.0. The fourth-order valence-corrected chi connectivity index (χ4v) is 2.73. The molecule has 0 fully saturated rings. The second-order valence-electron chi connectivity index (χ2n) is 4.93. The van der Waals surface area contributed by atoms with E-state index in [2.05, 4.69) is 5.43 Å². The Bertz CT molecular complexity index is 800. The molecule has 0 aliphatic rings. The van der Waals surface area contributed by atoms with Gasteiger partial charge in [0, 0.05) is 10.4 Å². The van der Waals surface area contributed by atoms with E-state index in [-0.39, 0.29) is 5.58 Å². The molecule has 0 spiro atoms. The van der Waals surface area contributed by atoms with Crippen molar-refractivity contribution in [3.8, 4) is 0 Å². The van der Waals surface area contributed by atoms with E-state index in [0.29, 0.717) is 16.2 Å². The van der Waals surface area contributed by atoms with Crippen LogP contribution in [0.3, 0.4) is 0 Å². The van der Waals surface area contributed by atoms with Crippen molar-refractivity contribution in [2.45, 2.75) is 13.0 Å². The highest BCUT2D eigenvalue weighted by atomic mass is 35.5. The number of hydrogen-bond acceptors (Lipinski definition) is 3. The third kappa shape index (κ3) is 2.53. The van der Waals surface area contributed by atoms with E-state index in [1.54, 1.807) is 18.2 Å². The molecule has 3 rings (SSSR count). The Hall–Kier alpha value is -1.88. The first-order chi connectivity index (χ1) is 10.1. The Morgan fingerprint density at radius 2 is 2.05 bits per heavy atom. The van der Waals surface area contributed by atoms with Gasteiger partial charge in [0.15, 0.2) is 11.4 Å². The predicted octanol–water partition coefficient (Wildman–Crippen LogP) is 4.09. The largest absolute Gasteiger partial charge is 0.456 e. The van der Waals surface area contributed by atoms with Crippen molar-refractivity contribution in [1.82, 2.24) is 5.43 Å². The van der Waals surface area contributed by atoms with Crippen LogP contribution in [0.1, 0.15) is 22.9 Å². The van der Waals surface area contributed by atoms with E-state index in [1.807, 2.05) is 25.1 Å². The van der Waals surface area contributed by atoms with Crippen molar-refractivity contribution in [2.24, 2.45) is 5.84 Å². The van der Waals surface area contributed by atoms with Gasteiger partial charge in [-0.15, -0.1) is 0 Å². The molecular weight excluding hydrogens is 291 g/mol. The first kappa shape index (κ1) is 14.1. The van der Waals surface area contributed by atoms with Crippen LogP contribution in [0.2, 0.25) is 5.02 Å². The molecule has 2 aromatic carbocycles. The summed E-state index contributed by atoms with van der Waals surface area (Å²) >= 11 is 6.27. The number of fused-ring (bicyclic) bond motifs is 1. The van der Waals surface area contributed by atoms with Gasteiger partial charge in [0.05, 0.1) is 0 Å². The van der Waals surface area contributed by atoms with Crippen LogP contribution in [0, 0.1) is 12.7 Å². The highest BCUT2D eigenvalue weighted by Crippen LogP contribution is 2.32. The first-order valence-electron chi connectivity index (χ1n) is 6.50. The van der Waals surface area contributed by atoms with Crippen LogP contribution in [-0.2, 0) is 0 Å². The summed E-state index contributed by atoms with van der Waals surface area (Å²) in [6.07, 6.45) is 0. The molecule has 0 amide bonds. The fraction of sp³-hybridized carbons (Fsp3) is 0.125. The summed E-state index contributed by atoms with van der Waals surface area (Å²) < 4.78 is 19.3. The number of rotatable bonds is 3. The van der Waals surface area contributed by atoms with E-state index >= 15 is 0 Å². The molecule has 1 heterocycles. The van der Waals surface area contributed by atoms with E-state index in [9.17, 15) is 4.39 Å². The zero-order valence-electron chi connectivity index (χ0n) is 11.4. The number of aryl methyl sites for hydroxylation is 1. The molecule has 0 saturated heterocycles. The second-order valence-corrected chi connectivity index (χ2v) is 5.34. The summed E-state index contributed by atoms with van der Waals surface area (Å²) in [7, 11) is 0. The van der Waals surface area contributed by atoms with Gasteiger partial charge in [-0.1, -0.05) is 35.9 Å². The van der Waals surface area contributed by atoms with Crippen molar-refractivity contribution in [3.05, 3.63) is 70.2 Å². The molecular formula is C16H14ClFN2O. The van der Waals surface area contributed by atoms with Gasteiger partial charge in [0.25, 0.3) is 0 Å². The maximum Gasteiger partial charge on any atom is 0.169 e. The average molecular weight is 305 g/mol. The Morgan fingerprint density at radius 3 is 2.71 bits per heavy atom. The molecule has 1 atom stereocenters. The minimum atomic E-state index is -0.440. The lowest BCUT2D eigenvalue weighted by Crippen LogP contribution is -2.28. The molecule has 3 aromatic rings. The molecule has 0 bridgehead atoms. The topological polar surface area (TPSA) is 51.2 Å². The molecule has 1 unspecified atom stereocenters. The predicted molar refractivity (Wildman–Crippen MR) is 81.5 cm³/mol. The van der Waals surface area contributed by atoms with Gasteiger partial charge in [-0.05, 0) is 36.2 Å². The van der Waals surface area contributed by atoms with E-state index < -0.39 is 11.9 Å². The van der Waals surface area contributed by atoms with Crippen LogP contribution in [0.25, 0.3) is 11.0 Å². The summed E-state index contributed by atoms with van der Waals surface area (Å²) in [4.78, 5) is 0. The molecule has 0 radical (unpaired) electrons. The summed E-state index contributed by atoms with van der Waals surface area (Å²) in [5, 5.41) is 1.27.